The smallest absolute Gasteiger partial charge is 0.240 e. The number of sulfonamides is 1. The van der Waals surface area contributed by atoms with E-state index in [1.54, 1.807) is 31.4 Å². The van der Waals surface area contributed by atoms with Crippen molar-refractivity contribution in [2.24, 2.45) is 0 Å². The quantitative estimate of drug-likeness (QED) is 0.638. The van der Waals surface area contributed by atoms with Crippen molar-refractivity contribution in [1.29, 1.82) is 0 Å². The summed E-state index contributed by atoms with van der Waals surface area (Å²) >= 11 is 0. The lowest BCUT2D eigenvalue weighted by Crippen LogP contribution is -2.25. The van der Waals surface area contributed by atoms with Crippen molar-refractivity contribution in [2.75, 3.05) is 13.7 Å². The molecule has 0 saturated heterocycles. The third-order valence-electron chi connectivity index (χ3n) is 3.98. The van der Waals surface area contributed by atoms with Crippen molar-refractivity contribution < 1.29 is 17.9 Å². The lowest BCUT2D eigenvalue weighted by Gasteiger charge is -2.11. The number of ether oxygens (including phenoxy) is 2. The van der Waals surface area contributed by atoms with Crippen LogP contribution >= 0.6 is 0 Å². The van der Waals surface area contributed by atoms with Crippen molar-refractivity contribution in [1.82, 2.24) is 4.72 Å². The fourth-order valence-corrected chi connectivity index (χ4v) is 3.61. The van der Waals surface area contributed by atoms with E-state index in [1.165, 1.54) is 12.1 Å². The Balaban J connectivity index is 1.63. The van der Waals surface area contributed by atoms with Crippen molar-refractivity contribution >= 4 is 10.0 Å². The van der Waals surface area contributed by atoms with Crippen LogP contribution in [0.25, 0.3) is 0 Å². The van der Waals surface area contributed by atoms with Crippen LogP contribution in [0.2, 0.25) is 0 Å². The molecule has 0 radical (unpaired) electrons. The molecule has 5 nitrogen and oxygen atoms in total. The van der Waals surface area contributed by atoms with Crippen LogP contribution in [0.5, 0.6) is 17.2 Å². The predicted molar refractivity (Wildman–Crippen MR) is 105 cm³/mol. The Morgan fingerprint density at radius 2 is 1.44 bits per heavy atom. The standard InChI is InChI=1S/C21H21NO4S/c1-25-20-9-5-6-10-21(20)26-18-11-13-19(14-12-18)27(23,24)22-16-15-17-7-3-2-4-8-17/h2-14,22H,15-16H2,1H3. The van der Waals surface area contributed by atoms with Gasteiger partial charge in [0.05, 0.1) is 12.0 Å². The largest absolute Gasteiger partial charge is 0.493 e. The molecule has 6 heteroatoms. The van der Waals surface area contributed by atoms with Gasteiger partial charge >= 0.3 is 0 Å². The second-order valence-electron chi connectivity index (χ2n) is 5.86. The van der Waals surface area contributed by atoms with Gasteiger partial charge in [0.2, 0.25) is 10.0 Å². The molecular weight excluding hydrogens is 362 g/mol. The number of benzene rings is 3. The van der Waals surface area contributed by atoms with E-state index < -0.39 is 10.0 Å². The third kappa shape index (κ3) is 5.09. The van der Waals surface area contributed by atoms with Crippen LogP contribution in [-0.2, 0) is 16.4 Å². The molecule has 0 aliphatic rings. The minimum Gasteiger partial charge on any atom is -0.493 e. The molecule has 3 aromatic carbocycles. The summed E-state index contributed by atoms with van der Waals surface area (Å²) in [6.45, 7) is 0.339. The zero-order valence-electron chi connectivity index (χ0n) is 15.0. The lowest BCUT2D eigenvalue weighted by molar-refractivity contribution is 0.379. The summed E-state index contributed by atoms with van der Waals surface area (Å²) in [5.41, 5.74) is 1.08. The maximum Gasteiger partial charge on any atom is 0.240 e. The molecule has 0 unspecified atom stereocenters. The number of methoxy groups -OCH3 is 1. The van der Waals surface area contributed by atoms with E-state index in [9.17, 15) is 8.42 Å². The molecule has 0 saturated carbocycles. The summed E-state index contributed by atoms with van der Waals surface area (Å²) < 4.78 is 38.5. The zero-order chi connectivity index (χ0) is 19.1. The molecule has 3 aromatic rings. The van der Waals surface area contributed by atoms with E-state index in [1.807, 2.05) is 42.5 Å². The molecule has 0 spiro atoms. The highest BCUT2D eigenvalue weighted by atomic mass is 32.2. The second kappa shape index (κ2) is 8.70. The Bertz CT molecular complexity index is 971. The molecule has 1 N–H and O–H groups in total. The van der Waals surface area contributed by atoms with Crippen molar-refractivity contribution in [3.05, 3.63) is 84.4 Å². The lowest BCUT2D eigenvalue weighted by atomic mass is 10.2. The van der Waals surface area contributed by atoms with E-state index in [-0.39, 0.29) is 4.90 Å². The van der Waals surface area contributed by atoms with Gasteiger partial charge in [-0.25, -0.2) is 13.1 Å². The molecular formula is C21H21NO4S. The maximum atomic E-state index is 12.4. The van der Waals surface area contributed by atoms with Crippen molar-refractivity contribution in [3.8, 4) is 17.2 Å². The van der Waals surface area contributed by atoms with Crippen molar-refractivity contribution in [2.45, 2.75) is 11.3 Å². The Kier molecular flexibility index (Phi) is 6.11. The minimum absolute atomic E-state index is 0.197. The van der Waals surface area contributed by atoms with E-state index in [2.05, 4.69) is 4.72 Å². The highest BCUT2D eigenvalue weighted by Gasteiger charge is 2.14. The molecule has 0 heterocycles. The fraction of sp³-hybridized carbons (Fsp3) is 0.143. The molecule has 0 aromatic heterocycles. The summed E-state index contributed by atoms with van der Waals surface area (Å²) in [4.78, 5) is 0.197. The van der Waals surface area contributed by atoms with Gasteiger partial charge in [-0.3, -0.25) is 0 Å². The highest BCUT2D eigenvalue weighted by Crippen LogP contribution is 2.31. The van der Waals surface area contributed by atoms with Gasteiger partial charge < -0.3 is 9.47 Å². The van der Waals surface area contributed by atoms with Crippen LogP contribution < -0.4 is 14.2 Å². The number of para-hydroxylation sites is 2. The molecule has 0 amide bonds. The molecule has 27 heavy (non-hydrogen) atoms. The minimum atomic E-state index is -3.56. The van der Waals surface area contributed by atoms with Crippen LogP contribution in [0.3, 0.4) is 0 Å². The molecule has 3 rings (SSSR count). The first-order valence-electron chi connectivity index (χ1n) is 8.53. The van der Waals surface area contributed by atoms with Crippen LogP contribution in [0, 0.1) is 0 Å². The van der Waals surface area contributed by atoms with Gasteiger partial charge in [0, 0.05) is 6.54 Å². The van der Waals surface area contributed by atoms with Gasteiger partial charge in [-0.2, -0.15) is 0 Å². The van der Waals surface area contributed by atoms with Gasteiger partial charge in [-0.15, -0.1) is 0 Å². The Hall–Kier alpha value is -2.83. The van der Waals surface area contributed by atoms with Gasteiger partial charge in [-0.1, -0.05) is 42.5 Å². The normalized spacial score (nSPS) is 11.1. The van der Waals surface area contributed by atoms with E-state index in [4.69, 9.17) is 9.47 Å². The molecule has 0 aliphatic carbocycles. The molecule has 0 atom stereocenters. The van der Waals surface area contributed by atoms with E-state index in [0.29, 0.717) is 30.2 Å². The number of nitrogens with one attached hydrogen (secondary N) is 1. The second-order valence-corrected chi connectivity index (χ2v) is 7.62. The van der Waals surface area contributed by atoms with Crippen LogP contribution in [0.15, 0.2) is 83.8 Å². The summed E-state index contributed by atoms with van der Waals surface area (Å²) in [5.74, 6) is 1.70. The Morgan fingerprint density at radius 1 is 0.815 bits per heavy atom. The SMILES string of the molecule is COc1ccccc1Oc1ccc(S(=O)(=O)NCCc2ccccc2)cc1. The maximum absolute atomic E-state index is 12.4. The van der Waals surface area contributed by atoms with Gasteiger partial charge in [-0.05, 0) is 48.4 Å². The average molecular weight is 383 g/mol. The van der Waals surface area contributed by atoms with Crippen LogP contribution in [-0.4, -0.2) is 22.1 Å². The number of hydrogen-bond donors (Lipinski definition) is 1. The molecule has 0 bridgehead atoms. The molecule has 0 fully saturated rings. The number of rotatable bonds is 8. The van der Waals surface area contributed by atoms with E-state index >= 15 is 0 Å². The Labute approximate surface area is 159 Å². The summed E-state index contributed by atoms with van der Waals surface area (Å²) in [6, 6.07) is 23.3. The summed E-state index contributed by atoms with van der Waals surface area (Å²) in [7, 11) is -1.99. The van der Waals surface area contributed by atoms with Crippen molar-refractivity contribution in [3.63, 3.8) is 0 Å². The first-order chi connectivity index (χ1) is 13.1. The first-order valence-corrected chi connectivity index (χ1v) is 10.0. The van der Waals surface area contributed by atoms with Gasteiger partial charge in [0.1, 0.15) is 5.75 Å². The first kappa shape index (κ1) is 18.9. The van der Waals surface area contributed by atoms with E-state index in [0.717, 1.165) is 5.56 Å². The highest BCUT2D eigenvalue weighted by molar-refractivity contribution is 7.89. The third-order valence-corrected chi connectivity index (χ3v) is 5.46. The van der Waals surface area contributed by atoms with Gasteiger partial charge in [0.25, 0.3) is 0 Å². The summed E-state index contributed by atoms with van der Waals surface area (Å²) in [6.07, 6.45) is 0.634. The molecule has 0 aliphatic heterocycles. The number of hydrogen-bond acceptors (Lipinski definition) is 4. The zero-order valence-corrected chi connectivity index (χ0v) is 15.8. The predicted octanol–water partition coefficient (Wildman–Crippen LogP) is 4.01. The summed E-state index contributed by atoms with van der Waals surface area (Å²) in [5, 5.41) is 0. The molecule has 140 valence electrons. The van der Waals surface area contributed by atoms with Gasteiger partial charge in [0.15, 0.2) is 11.5 Å². The topological polar surface area (TPSA) is 64.6 Å². The van der Waals surface area contributed by atoms with Crippen LogP contribution in [0.4, 0.5) is 0 Å². The fourth-order valence-electron chi connectivity index (χ4n) is 2.57. The monoisotopic (exact) mass is 383 g/mol. The Morgan fingerprint density at radius 3 is 2.11 bits per heavy atom. The van der Waals surface area contributed by atoms with Crippen LogP contribution in [0.1, 0.15) is 5.56 Å². The average Bonchev–Trinajstić information content (AvgIpc) is 2.69.